The van der Waals surface area contributed by atoms with Crippen molar-refractivity contribution in [2.75, 3.05) is 25.3 Å². The van der Waals surface area contributed by atoms with E-state index >= 15 is 0 Å². The van der Waals surface area contributed by atoms with E-state index in [9.17, 15) is 9.59 Å². The van der Waals surface area contributed by atoms with E-state index in [2.05, 4.69) is 11.3 Å². The average molecular weight is 359 g/mol. The summed E-state index contributed by atoms with van der Waals surface area (Å²) in [5, 5.41) is 0.603. The smallest absolute Gasteiger partial charge is 0.371 e. The normalized spacial score (nSPS) is 11.6. The van der Waals surface area contributed by atoms with Crippen LogP contribution in [-0.4, -0.2) is 40.8 Å². The highest BCUT2D eigenvalue weighted by Crippen LogP contribution is 2.28. The van der Waals surface area contributed by atoms with Gasteiger partial charge in [-0.25, -0.2) is 10.6 Å². The molecule has 114 valence electrons. The van der Waals surface area contributed by atoms with E-state index < -0.39 is 5.30 Å². The number of allylic oxidation sites excluding steroid dienone is 2. The van der Waals surface area contributed by atoms with Crippen LogP contribution in [0.2, 0.25) is 0 Å². The molecule has 0 spiro atoms. The van der Waals surface area contributed by atoms with Crippen LogP contribution in [0.15, 0.2) is 22.6 Å². The Morgan fingerprint density at radius 1 is 1.50 bits per heavy atom. The number of hydrazine groups is 1. The van der Waals surface area contributed by atoms with Crippen LogP contribution in [0.5, 0.6) is 0 Å². The number of halogens is 2. The molecule has 0 heterocycles. The Hall–Kier alpha value is -0.340. The molecule has 0 aromatic heterocycles. The van der Waals surface area contributed by atoms with Crippen LogP contribution in [0.4, 0.5) is 9.59 Å². The zero-order chi connectivity index (χ0) is 15.5. The summed E-state index contributed by atoms with van der Waals surface area (Å²) in [6.45, 7) is 3.75. The molecule has 5 nitrogen and oxygen atoms in total. The molecule has 0 saturated carbocycles. The molecule has 0 rings (SSSR count). The molecule has 0 bridgehead atoms. The van der Waals surface area contributed by atoms with Crippen LogP contribution in [-0.2, 0) is 4.74 Å². The van der Waals surface area contributed by atoms with Crippen LogP contribution in [0, 0.1) is 0 Å². The molecule has 0 unspecified atom stereocenters. The molecule has 0 radical (unpaired) electrons. The number of ether oxygens (including phenoxy) is 1. The van der Waals surface area contributed by atoms with E-state index in [0.29, 0.717) is 28.0 Å². The van der Waals surface area contributed by atoms with Gasteiger partial charge in [-0.1, -0.05) is 29.9 Å². The maximum Gasteiger partial charge on any atom is 0.371 e. The number of carbonyl (C=O) groups is 2. The Balaban J connectivity index is 4.51. The fourth-order valence-electron chi connectivity index (χ4n) is 0.997. The van der Waals surface area contributed by atoms with Gasteiger partial charge >= 0.3 is 5.30 Å². The van der Waals surface area contributed by atoms with Crippen molar-refractivity contribution in [3.8, 4) is 0 Å². The lowest BCUT2D eigenvalue weighted by Crippen LogP contribution is -2.35. The van der Waals surface area contributed by atoms with E-state index in [1.54, 1.807) is 0 Å². The number of methoxy groups -OCH3 is 1. The molecule has 0 aromatic carbocycles. The van der Waals surface area contributed by atoms with Crippen molar-refractivity contribution in [1.29, 1.82) is 0 Å². The summed E-state index contributed by atoms with van der Waals surface area (Å²) in [6, 6.07) is 0. The number of rotatable bonds is 7. The van der Waals surface area contributed by atoms with Crippen LogP contribution in [0.25, 0.3) is 0 Å². The number of hydrogen-bond acceptors (Lipinski definition) is 6. The summed E-state index contributed by atoms with van der Waals surface area (Å²) in [5.74, 6) is 6.47. The lowest BCUT2D eigenvalue weighted by molar-refractivity contribution is 0.200. The molecule has 0 saturated heterocycles. The average Bonchev–Trinajstić information content (AvgIpc) is 2.47. The fourth-order valence-corrected chi connectivity index (χ4v) is 2.61. The van der Waals surface area contributed by atoms with Crippen LogP contribution < -0.4 is 5.84 Å². The number of nitrogens with zero attached hydrogens (tertiary/aromatic N) is 1. The summed E-state index contributed by atoms with van der Waals surface area (Å²) < 4.78 is 4.55. The van der Waals surface area contributed by atoms with Crippen molar-refractivity contribution >= 4 is 57.3 Å². The van der Waals surface area contributed by atoms with Crippen molar-refractivity contribution < 1.29 is 14.3 Å². The Kier molecular flexibility index (Phi) is 11.1. The third-order valence-electron chi connectivity index (χ3n) is 1.94. The molecular weight excluding hydrogens is 343 g/mol. The van der Waals surface area contributed by atoms with Crippen molar-refractivity contribution in [1.82, 2.24) is 5.01 Å². The summed E-state index contributed by atoms with van der Waals surface area (Å²) in [5.41, 5.74) is 0. The predicted octanol–water partition coefficient (Wildman–Crippen LogP) is 3.78. The van der Waals surface area contributed by atoms with E-state index in [1.165, 1.54) is 13.2 Å². The zero-order valence-electron chi connectivity index (χ0n) is 10.9. The number of amides is 1. The second-order valence-corrected chi connectivity index (χ2v) is 6.14. The van der Waals surface area contributed by atoms with Gasteiger partial charge in [0.2, 0.25) is 0 Å². The minimum atomic E-state index is -0.494. The Labute approximate surface area is 136 Å². The molecule has 0 aliphatic heterocycles. The second kappa shape index (κ2) is 11.3. The van der Waals surface area contributed by atoms with Gasteiger partial charge in [0.05, 0.1) is 12.1 Å². The minimum Gasteiger partial charge on any atom is -0.461 e. The predicted molar refractivity (Wildman–Crippen MR) is 87.2 cm³/mol. The molecule has 0 aliphatic rings. The molecule has 0 atom stereocenters. The first-order chi connectivity index (χ1) is 9.46. The molecule has 0 aromatic rings. The van der Waals surface area contributed by atoms with Gasteiger partial charge in [-0.05, 0) is 24.3 Å². The summed E-state index contributed by atoms with van der Waals surface area (Å²) in [6.07, 6.45) is 1.74. The van der Waals surface area contributed by atoms with Crippen molar-refractivity contribution in [2.24, 2.45) is 5.84 Å². The van der Waals surface area contributed by atoms with Crippen LogP contribution >= 0.6 is 46.7 Å². The number of carbonyl (C=O) groups excluding carboxylic acids is 2. The second-order valence-electron chi connectivity index (χ2n) is 3.28. The van der Waals surface area contributed by atoms with Gasteiger partial charge in [0.1, 0.15) is 0 Å². The highest BCUT2D eigenvalue weighted by Gasteiger charge is 2.14. The Morgan fingerprint density at radius 2 is 2.15 bits per heavy atom. The largest absolute Gasteiger partial charge is 0.461 e. The first-order valence-electron chi connectivity index (χ1n) is 5.48. The highest BCUT2D eigenvalue weighted by atomic mass is 35.5. The first-order valence-corrected chi connectivity index (χ1v) is 8.19. The molecule has 0 fully saturated rings. The Bertz CT molecular complexity index is 392. The minimum absolute atomic E-state index is 0.220. The third kappa shape index (κ3) is 8.06. The molecule has 0 aliphatic carbocycles. The van der Waals surface area contributed by atoms with Crippen molar-refractivity contribution in [2.45, 2.75) is 6.42 Å². The Morgan fingerprint density at radius 3 is 2.65 bits per heavy atom. The van der Waals surface area contributed by atoms with E-state index in [-0.39, 0.29) is 11.8 Å². The van der Waals surface area contributed by atoms with Crippen LogP contribution in [0.3, 0.4) is 0 Å². The molecule has 9 heteroatoms. The lowest BCUT2D eigenvalue weighted by atomic mass is 10.3. The van der Waals surface area contributed by atoms with Gasteiger partial charge in [0.25, 0.3) is 5.24 Å². The maximum atomic E-state index is 11.6. The van der Waals surface area contributed by atoms with E-state index in [1.807, 2.05) is 0 Å². The van der Waals surface area contributed by atoms with Gasteiger partial charge in [-0.3, -0.25) is 9.80 Å². The van der Waals surface area contributed by atoms with Gasteiger partial charge in [0, 0.05) is 23.1 Å². The van der Waals surface area contributed by atoms with E-state index in [4.69, 9.17) is 29.0 Å². The van der Waals surface area contributed by atoms with E-state index in [0.717, 1.165) is 28.5 Å². The molecular formula is C11H16Cl2N2O3S2. The number of alkyl halides is 1. The summed E-state index contributed by atoms with van der Waals surface area (Å²) in [4.78, 5) is 23.4. The molecule has 1 amide bonds. The summed E-state index contributed by atoms with van der Waals surface area (Å²) in [7, 11) is 1.27. The van der Waals surface area contributed by atoms with Crippen molar-refractivity contribution in [3.05, 3.63) is 22.6 Å². The standard InChI is InChI=1S/C11H16Cl2N2O3S2/c1-3-8(13)9(20-11(17)18-2)4-6-15(14)10(16)19-7-5-12/h3H,1,4-7,14H2,2H3/b9-8+. The lowest BCUT2D eigenvalue weighted by Gasteiger charge is -2.16. The third-order valence-corrected chi connectivity index (χ3v) is 4.74. The van der Waals surface area contributed by atoms with Gasteiger partial charge < -0.3 is 4.74 Å². The quantitative estimate of drug-likeness (QED) is 0.186. The number of thioether (sulfide) groups is 2. The van der Waals surface area contributed by atoms with Gasteiger partial charge in [0.15, 0.2) is 0 Å². The maximum absolute atomic E-state index is 11.6. The molecule has 20 heavy (non-hydrogen) atoms. The number of nitrogens with two attached hydrogens (primary N) is 1. The fraction of sp³-hybridized carbons (Fsp3) is 0.455. The first kappa shape index (κ1) is 19.7. The highest BCUT2D eigenvalue weighted by molar-refractivity contribution is 8.16. The summed E-state index contributed by atoms with van der Waals surface area (Å²) >= 11 is 13.3. The van der Waals surface area contributed by atoms with Crippen molar-refractivity contribution in [3.63, 3.8) is 0 Å². The van der Waals surface area contributed by atoms with Gasteiger partial charge in [-0.15, -0.1) is 11.6 Å². The van der Waals surface area contributed by atoms with Gasteiger partial charge in [-0.2, -0.15) is 0 Å². The number of hydrogen-bond donors (Lipinski definition) is 1. The molecule has 2 N–H and O–H groups in total. The zero-order valence-corrected chi connectivity index (χ0v) is 14.1. The monoisotopic (exact) mass is 358 g/mol. The topological polar surface area (TPSA) is 72.6 Å². The van der Waals surface area contributed by atoms with Crippen LogP contribution in [0.1, 0.15) is 6.42 Å². The SMILES string of the molecule is C=C/C(Cl)=C(/CCN(N)C(=O)SCCCl)SC(=O)OC.